The summed E-state index contributed by atoms with van der Waals surface area (Å²) in [5.74, 6) is 0. The number of nitrogens with zero attached hydrogens (tertiary/aromatic N) is 1. The fraction of sp³-hybridized carbons (Fsp3) is 0.368. The average Bonchev–Trinajstić information content (AvgIpc) is 2.94. The van der Waals surface area contributed by atoms with Crippen LogP contribution in [0.3, 0.4) is 0 Å². The van der Waals surface area contributed by atoms with E-state index in [1.54, 1.807) is 0 Å². The third-order valence-electron chi connectivity index (χ3n) is 4.94. The molecule has 0 saturated carbocycles. The smallest absolute Gasteiger partial charge is 0.0492 e. The Bertz CT molecular complexity index is 637. The quantitative estimate of drug-likeness (QED) is 0.885. The molecule has 21 heavy (non-hydrogen) atoms. The molecule has 0 spiro atoms. The van der Waals surface area contributed by atoms with E-state index in [4.69, 9.17) is 0 Å². The van der Waals surface area contributed by atoms with Crippen molar-refractivity contribution in [3.05, 3.63) is 65.5 Å². The van der Waals surface area contributed by atoms with E-state index < -0.39 is 0 Å². The van der Waals surface area contributed by atoms with Gasteiger partial charge in [-0.2, -0.15) is 0 Å². The van der Waals surface area contributed by atoms with Crippen molar-refractivity contribution in [2.24, 2.45) is 0 Å². The Balaban J connectivity index is 1.94. The van der Waals surface area contributed by atoms with Crippen LogP contribution in [-0.2, 0) is 5.54 Å². The molecule has 0 aliphatic heterocycles. The van der Waals surface area contributed by atoms with E-state index in [1.807, 2.05) is 6.20 Å². The summed E-state index contributed by atoms with van der Waals surface area (Å²) in [6, 6.07) is 13.1. The first kappa shape index (κ1) is 14.2. The summed E-state index contributed by atoms with van der Waals surface area (Å²) in [6.07, 6.45) is 7.81. The Morgan fingerprint density at radius 3 is 2.38 bits per heavy atom. The molecule has 1 heterocycles. The molecule has 1 unspecified atom stereocenters. The number of H-pyrrole nitrogens is 1. The summed E-state index contributed by atoms with van der Waals surface area (Å²) < 4.78 is 0. The number of allylic oxidation sites excluding steroid dienone is 1. The number of aromatic nitrogens is 1. The van der Waals surface area contributed by atoms with Gasteiger partial charge in [-0.3, -0.25) is 4.90 Å². The zero-order valence-corrected chi connectivity index (χ0v) is 13.2. The standard InChI is InChI=1S/C19H24N2/c1-15-11-14-20-18(15)16-9-12-19(13-10-16,21(2)3)17-7-5-4-6-8-17/h4-9,11,14,20H,10,12-13H2,1-3H3. The Kier molecular flexibility index (Phi) is 3.73. The second-order valence-electron chi connectivity index (χ2n) is 6.26. The van der Waals surface area contributed by atoms with Gasteiger partial charge < -0.3 is 4.98 Å². The number of rotatable bonds is 3. The maximum absolute atomic E-state index is 3.39. The highest BCUT2D eigenvalue weighted by Crippen LogP contribution is 2.42. The lowest BCUT2D eigenvalue weighted by Gasteiger charge is -2.43. The highest BCUT2D eigenvalue weighted by Gasteiger charge is 2.36. The minimum absolute atomic E-state index is 0.130. The monoisotopic (exact) mass is 280 g/mol. The Morgan fingerprint density at radius 1 is 1.10 bits per heavy atom. The van der Waals surface area contributed by atoms with Gasteiger partial charge in [-0.25, -0.2) is 0 Å². The first-order valence-corrected chi connectivity index (χ1v) is 7.70. The van der Waals surface area contributed by atoms with Crippen molar-refractivity contribution in [1.29, 1.82) is 0 Å². The molecule has 0 saturated heterocycles. The molecular formula is C19H24N2. The Labute approximate surface area is 127 Å². The lowest BCUT2D eigenvalue weighted by atomic mass is 9.75. The van der Waals surface area contributed by atoms with Gasteiger partial charge in [0.25, 0.3) is 0 Å². The average molecular weight is 280 g/mol. The predicted octanol–water partition coefficient (Wildman–Crippen LogP) is 4.35. The van der Waals surface area contributed by atoms with Crippen LogP contribution in [0, 0.1) is 6.92 Å². The van der Waals surface area contributed by atoms with Crippen LogP contribution in [0.4, 0.5) is 0 Å². The summed E-state index contributed by atoms with van der Waals surface area (Å²) in [5.41, 5.74) is 5.68. The maximum atomic E-state index is 3.39. The first-order valence-electron chi connectivity index (χ1n) is 7.70. The summed E-state index contributed by atoms with van der Waals surface area (Å²) in [5, 5.41) is 0. The van der Waals surface area contributed by atoms with Crippen LogP contribution in [0.15, 0.2) is 48.7 Å². The molecule has 2 nitrogen and oxygen atoms in total. The zero-order valence-electron chi connectivity index (χ0n) is 13.2. The molecule has 3 rings (SSSR count). The SMILES string of the molecule is Cc1cc[nH]c1C1=CCC(c2ccccc2)(N(C)C)CC1. The summed E-state index contributed by atoms with van der Waals surface area (Å²) in [7, 11) is 4.40. The number of aryl methyl sites for hydroxylation is 1. The van der Waals surface area contributed by atoms with Crippen molar-refractivity contribution in [3.63, 3.8) is 0 Å². The Hall–Kier alpha value is -1.80. The van der Waals surface area contributed by atoms with Crippen molar-refractivity contribution in [2.45, 2.75) is 31.7 Å². The predicted molar refractivity (Wildman–Crippen MR) is 89.2 cm³/mol. The molecule has 1 aromatic heterocycles. The lowest BCUT2D eigenvalue weighted by Crippen LogP contribution is -2.42. The molecule has 0 bridgehead atoms. The molecule has 2 aromatic rings. The van der Waals surface area contributed by atoms with Gasteiger partial charge in [0.05, 0.1) is 0 Å². The second kappa shape index (κ2) is 5.53. The van der Waals surface area contributed by atoms with Gasteiger partial charge in [-0.1, -0.05) is 36.4 Å². The second-order valence-corrected chi connectivity index (χ2v) is 6.26. The molecule has 0 radical (unpaired) electrons. The highest BCUT2D eigenvalue weighted by atomic mass is 15.1. The van der Waals surface area contributed by atoms with Crippen LogP contribution in [0.2, 0.25) is 0 Å². The van der Waals surface area contributed by atoms with Crippen LogP contribution < -0.4 is 0 Å². The number of benzene rings is 1. The third kappa shape index (κ3) is 2.44. The molecule has 2 heteroatoms. The van der Waals surface area contributed by atoms with Crippen LogP contribution in [0.5, 0.6) is 0 Å². The highest BCUT2D eigenvalue weighted by molar-refractivity contribution is 5.66. The summed E-state index contributed by atoms with van der Waals surface area (Å²) in [6.45, 7) is 2.18. The number of hydrogen-bond donors (Lipinski definition) is 1. The van der Waals surface area contributed by atoms with Crippen LogP contribution >= 0.6 is 0 Å². The molecule has 1 aliphatic rings. The molecule has 110 valence electrons. The number of hydrogen-bond acceptors (Lipinski definition) is 1. The van der Waals surface area contributed by atoms with E-state index in [9.17, 15) is 0 Å². The van der Waals surface area contributed by atoms with Crippen molar-refractivity contribution in [2.75, 3.05) is 14.1 Å². The maximum Gasteiger partial charge on any atom is 0.0492 e. The molecule has 0 amide bonds. The van der Waals surface area contributed by atoms with Gasteiger partial charge in [0.1, 0.15) is 0 Å². The van der Waals surface area contributed by atoms with E-state index in [0.29, 0.717) is 0 Å². The topological polar surface area (TPSA) is 19.0 Å². The normalized spacial score (nSPS) is 22.4. The fourth-order valence-electron chi connectivity index (χ4n) is 3.53. The number of nitrogens with one attached hydrogen (secondary N) is 1. The van der Waals surface area contributed by atoms with E-state index in [2.05, 4.69) is 73.4 Å². The van der Waals surface area contributed by atoms with Crippen LogP contribution in [0.25, 0.3) is 5.57 Å². The molecule has 1 aliphatic carbocycles. The van der Waals surface area contributed by atoms with Crippen LogP contribution in [-0.4, -0.2) is 24.0 Å². The summed E-state index contributed by atoms with van der Waals surface area (Å²) in [4.78, 5) is 5.78. The molecule has 1 atom stereocenters. The van der Waals surface area contributed by atoms with Crippen molar-refractivity contribution < 1.29 is 0 Å². The van der Waals surface area contributed by atoms with Crippen molar-refractivity contribution in [3.8, 4) is 0 Å². The van der Waals surface area contributed by atoms with Crippen molar-refractivity contribution in [1.82, 2.24) is 9.88 Å². The summed E-state index contributed by atoms with van der Waals surface area (Å²) >= 11 is 0. The van der Waals surface area contributed by atoms with E-state index in [1.165, 1.54) is 22.4 Å². The van der Waals surface area contributed by atoms with E-state index >= 15 is 0 Å². The van der Waals surface area contributed by atoms with Gasteiger partial charge in [0.2, 0.25) is 0 Å². The molecule has 1 N–H and O–H groups in total. The molecule has 0 fully saturated rings. The van der Waals surface area contributed by atoms with Crippen LogP contribution in [0.1, 0.15) is 36.1 Å². The molecular weight excluding hydrogens is 256 g/mol. The van der Waals surface area contributed by atoms with Gasteiger partial charge in [0.15, 0.2) is 0 Å². The largest absolute Gasteiger partial charge is 0.361 e. The third-order valence-corrected chi connectivity index (χ3v) is 4.94. The Morgan fingerprint density at radius 2 is 1.86 bits per heavy atom. The lowest BCUT2D eigenvalue weighted by molar-refractivity contribution is 0.138. The number of aromatic amines is 1. The van der Waals surface area contributed by atoms with Gasteiger partial charge in [-0.05, 0) is 63.0 Å². The van der Waals surface area contributed by atoms with Gasteiger partial charge in [0, 0.05) is 17.4 Å². The first-order chi connectivity index (χ1) is 10.1. The minimum Gasteiger partial charge on any atom is -0.361 e. The van der Waals surface area contributed by atoms with Gasteiger partial charge >= 0.3 is 0 Å². The molecule has 1 aromatic carbocycles. The van der Waals surface area contributed by atoms with E-state index in [0.717, 1.165) is 19.3 Å². The minimum atomic E-state index is 0.130. The van der Waals surface area contributed by atoms with Crippen molar-refractivity contribution >= 4 is 5.57 Å². The van der Waals surface area contributed by atoms with E-state index in [-0.39, 0.29) is 5.54 Å². The fourth-order valence-corrected chi connectivity index (χ4v) is 3.53. The zero-order chi connectivity index (χ0) is 14.9. The van der Waals surface area contributed by atoms with Gasteiger partial charge in [-0.15, -0.1) is 0 Å².